The third-order valence-corrected chi connectivity index (χ3v) is 2.78. The Kier molecular flexibility index (Phi) is 2.41. The van der Waals surface area contributed by atoms with Gasteiger partial charge in [0, 0.05) is 11.3 Å². The molecule has 4 heteroatoms. The fourth-order valence-electron chi connectivity index (χ4n) is 1.97. The number of hydrogen-bond acceptors (Lipinski definition) is 3. The van der Waals surface area contributed by atoms with Gasteiger partial charge in [-0.2, -0.15) is 0 Å². The van der Waals surface area contributed by atoms with E-state index in [2.05, 4.69) is 5.32 Å². The molecule has 0 aliphatic carbocycles. The summed E-state index contributed by atoms with van der Waals surface area (Å²) in [5, 5.41) is 11.8. The van der Waals surface area contributed by atoms with Crippen LogP contribution in [-0.4, -0.2) is 11.1 Å². The molecule has 0 fully saturated rings. The van der Waals surface area contributed by atoms with Crippen LogP contribution in [-0.2, 0) is 4.79 Å². The Labute approximate surface area is 104 Å². The molecule has 0 amide bonds. The third kappa shape index (κ3) is 1.88. The molecule has 0 saturated heterocycles. The molecule has 18 heavy (non-hydrogen) atoms. The van der Waals surface area contributed by atoms with Crippen molar-refractivity contribution in [3.05, 3.63) is 59.1 Å². The van der Waals surface area contributed by atoms with Gasteiger partial charge in [-0.3, -0.25) is 4.79 Å². The monoisotopic (exact) mass is 241 g/mol. The van der Waals surface area contributed by atoms with Gasteiger partial charge in [0.05, 0.1) is 12.1 Å². The lowest BCUT2D eigenvalue weighted by atomic mass is 10.1. The van der Waals surface area contributed by atoms with Gasteiger partial charge in [0.15, 0.2) is 5.76 Å². The summed E-state index contributed by atoms with van der Waals surface area (Å²) in [4.78, 5) is 10.7. The quantitative estimate of drug-likeness (QED) is 0.833. The third-order valence-electron chi connectivity index (χ3n) is 2.78. The Morgan fingerprint density at radius 2 is 2.11 bits per heavy atom. The molecule has 0 spiro atoms. The van der Waals surface area contributed by atoms with Crippen molar-refractivity contribution in [2.75, 3.05) is 0 Å². The highest BCUT2D eigenvalue weighted by molar-refractivity contribution is 5.72. The number of aliphatic carboxylic acids is 1. The number of ether oxygens (including phenoxy) is 1. The van der Waals surface area contributed by atoms with E-state index < -0.39 is 5.97 Å². The molecule has 0 saturated carbocycles. The van der Waals surface area contributed by atoms with Crippen LogP contribution >= 0.6 is 0 Å². The molecule has 2 aliphatic heterocycles. The van der Waals surface area contributed by atoms with Crippen LogP contribution in [0.3, 0.4) is 0 Å². The average molecular weight is 241 g/mol. The normalized spacial score (nSPS) is 16.1. The molecule has 4 nitrogen and oxygen atoms in total. The molecule has 1 aromatic carbocycles. The number of nitrogens with one attached hydrogen (secondary N) is 1. The van der Waals surface area contributed by atoms with E-state index in [1.54, 1.807) is 12.2 Å². The first-order valence-corrected chi connectivity index (χ1v) is 5.61. The maximum absolute atomic E-state index is 10.7. The summed E-state index contributed by atoms with van der Waals surface area (Å²) < 4.78 is 5.73. The zero-order valence-electron chi connectivity index (χ0n) is 9.51. The maximum atomic E-state index is 10.7. The number of rotatable bonds is 2. The van der Waals surface area contributed by atoms with Gasteiger partial charge in [-0.15, -0.1) is 0 Å². The zero-order chi connectivity index (χ0) is 12.5. The van der Waals surface area contributed by atoms with Crippen molar-refractivity contribution in [1.82, 2.24) is 5.32 Å². The van der Waals surface area contributed by atoms with Crippen LogP contribution in [0.1, 0.15) is 12.0 Å². The Bertz CT molecular complexity index is 611. The van der Waals surface area contributed by atoms with Gasteiger partial charge in [-0.1, -0.05) is 18.2 Å². The lowest BCUT2D eigenvalue weighted by Crippen LogP contribution is -2.23. The Balaban J connectivity index is 1.93. The van der Waals surface area contributed by atoms with E-state index in [-0.39, 0.29) is 6.42 Å². The lowest BCUT2D eigenvalue weighted by Gasteiger charge is -2.24. The fraction of sp³-hybridized carbons (Fsp3) is 0.0714. The smallest absolute Gasteiger partial charge is 0.309 e. The minimum atomic E-state index is -0.858. The van der Waals surface area contributed by atoms with Crippen LogP contribution < -0.4 is 10.1 Å². The molecule has 0 radical (unpaired) electrons. The largest absolute Gasteiger partial charge is 0.481 e. The second-order valence-electron chi connectivity index (χ2n) is 4.12. The van der Waals surface area contributed by atoms with Gasteiger partial charge >= 0.3 is 5.97 Å². The second-order valence-corrected chi connectivity index (χ2v) is 4.12. The first-order chi connectivity index (χ1) is 8.72. The van der Waals surface area contributed by atoms with Crippen molar-refractivity contribution in [3.8, 4) is 5.75 Å². The number of carboxylic acid groups (broad SMARTS) is 1. The molecule has 2 N–H and O–H groups in total. The Morgan fingerprint density at radius 3 is 2.94 bits per heavy atom. The van der Waals surface area contributed by atoms with Crippen molar-refractivity contribution in [1.29, 1.82) is 0 Å². The van der Waals surface area contributed by atoms with E-state index in [1.807, 2.05) is 30.3 Å². The summed E-state index contributed by atoms with van der Waals surface area (Å²) in [7, 11) is 0. The molecular formula is C14H11NO3. The van der Waals surface area contributed by atoms with E-state index in [9.17, 15) is 4.79 Å². The SMILES string of the molecule is O=C(O)CC1=CC=C2Oc3ccccc3C=C2N1. The molecular weight excluding hydrogens is 230 g/mol. The molecule has 0 bridgehead atoms. The van der Waals surface area contributed by atoms with Crippen LogP contribution in [0.15, 0.2) is 53.6 Å². The minimum absolute atomic E-state index is 0.0250. The van der Waals surface area contributed by atoms with Gasteiger partial charge in [-0.25, -0.2) is 0 Å². The summed E-state index contributed by atoms with van der Waals surface area (Å²) in [6, 6.07) is 7.71. The van der Waals surface area contributed by atoms with Crippen molar-refractivity contribution in [3.63, 3.8) is 0 Å². The zero-order valence-corrected chi connectivity index (χ0v) is 9.51. The minimum Gasteiger partial charge on any atom is -0.481 e. The molecule has 0 aromatic heterocycles. The van der Waals surface area contributed by atoms with Crippen molar-refractivity contribution < 1.29 is 14.6 Å². The predicted molar refractivity (Wildman–Crippen MR) is 66.6 cm³/mol. The number of dihydropyridines is 1. The van der Waals surface area contributed by atoms with Crippen molar-refractivity contribution in [2.45, 2.75) is 6.42 Å². The number of carboxylic acids is 1. The first-order valence-electron chi connectivity index (χ1n) is 5.61. The Hall–Kier alpha value is -2.49. The highest BCUT2D eigenvalue weighted by Gasteiger charge is 2.20. The van der Waals surface area contributed by atoms with E-state index in [4.69, 9.17) is 9.84 Å². The lowest BCUT2D eigenvalue weighted by molar-refractivity contribution is -0.136. The van der Waals surface area contributed by atoms with Crippen LogP contribution in [0.5, 0.6) is 5.75 Å². The summed E-state index contributed by atoms with van der Waals surface area (Å²) in [5.74, 6) is 0.663. The summed E-state index contributed by atoms with van der Waals surface area (Å²) >= 11 is 0. The van der Waals surface area contributed by atoms with Gasteiger partial charge in [-0.05, 0) is 24.3 Å². The standard InChI is InChI=1S/C14H11NO3/c16-14(17)8-10-5-6-13-11(15-10)7-9-3-1-2-4-12(9)18-13/h1-7,15H,8H2,(H,16,17). The molecule has 2 heterocycles. The van der Waals surface area contributed by atoms with Gasteiger partial charge in [0.2, 0.25) is 0 Å². The summed E-state index contributed by atoms with van der Waals surface area (Å²) in [6.45, 7) is 0. The summed E-state index contributed by atoms with van der Waals surface area (Å²) in [6.07, 6.45) is 5.45. The molecule has 90 valence electrons. The van der Waals surface area contributed by atoms with Gasteiger partial charge in [0.25, 0.3) is 0 Å². The van der Waals surface area contributed by atoms with Crippen LogP contribution in [0, 0.1) is 0 Å². The molecule has 0 unspecified atom stereocenters. The van der Waals surface area contributed by atoms with Gasteiger partial charge in [0.1, 0.15) is 5.75 Å². The Morgan fingerprint density at radius 1 is 1.28 bits per heavy atom. The van der Waals surface area contributed by atoms with Gasteiger partial charge < -0.3 is 15.2 Å². The van der Waals surface area contributed by atoms with E-state index >= 15 is 0 Å². The molecule has 0 atom stereocenters. The topological polar surface area (TPSA) is 58.6 Å². The van der Waals surface area contributed by atoms with Crippen molar-refractivity contribution >= 4 is 12.0 Å². The van der Waals surface area contributed by atoms with Crippen LogP contribution in [0.25, 0.3) is 6.08 Å². The molecule has 3 rings (SSSR count). The molecule has 1 aromatic rings. The second kappa shape index (κ2) is 4.07. The van der Waals surface area contributed by atoms with Crippen molar-refractivity contribution in [2.24, 2.45) is 0 Å². The highest BCUT2D eigenvalue weighted by atomic mass is 16.5. The maximum Gasteiger partial charge on any atom is 0.309 e. The van der Waals surface area contributed by atoms with E-state index in [1.165, 1.54) is 0 Å². The van der Waals surface area contributed by atoms with Crippen LogP contribution in [0.4, 0.5) is 0 Å². The van der Waals surface area contributed by atoms with Crippen LogP contribution in [0.2, 0.25) is 0 Å². The molecule has 2 aliphatic rings. The van der Waals surface area contributed by atoms with E-state index in [0.717, 1.165) is 17.0 Å². The number of allylic oxidation sites excluding steroid dienone is 2. The van der Waals surface area contributed by atoms with E-state index in [0.29, 0.717) is 11.5 Å². The highest BCUT2D eigenvalue weighted by Crippen LogP contribution is 2.32. The number of fused-ring (bicyclic) bond motifs is 2. The first kappa shape index (κ1) is 10.7. The number of hydrogen-bond donors (Lipinski definition) is 2. The summed E-state index contributed by atoms with van der Waals surface area (Å²) in [5.41, 5.74) is 2.43. The number of para-hydroxylation sites is 1. The number of carbonyl (C=O) groups is 1. The average Bonchev–Trinajstić information content (AvgIpc) is 2.35. The predicted octanol–water partition coefficient (Wildman–Crippen LogP) is 2.27. The number of benzene rings is 1. The fourth-order valence-corrected chi connectivity index (χ4v) is 1.97.